The smallest absolute Gasteiger partial charge is 0.332 e. The summed E-state index contributed by atoms with van der Waals surface area (Å²) in [4.78, 5) is 46.4. The molecule has 2 heterocycles. The number of fused-ring (bicyclic) bond motifs is 1. The van der Waals surface area contributed by atoms with Gasteiger partial charge in [-0.05, 0) is 19.4 Å². The van der Waals surface area contributed by atoms with E-state index in [2.05, 4.69) is 9.97 Å². The molecule has 2 aromatic heterocycles. The molecule has 0 atom stereocenters. The minimum Gasteiger partial charge on any atom is -0.384 e. The molecule has 8 nitrogen and oxygen atoms in total. The van der Waals surface area contributed by atoms with Crippen molar-refractivity contribution in [1.29, 1.82) is 0 Å². The van der Waals surface area contributed by atoms with Gasteiger partial charge in [0.25, 0.3) is 5.56 Å². The van der Waals surface area contributed by atoms with Crippen molar-refractivity contribution in [1.82, 2.24) is 19.1 Å². The average Bonchev–Trinajstić information content (AvgIpc) is 2.67. The SMILES string of the molecule is CCCn1c(N)c(C(=O)CSc2nc(C)nc3ccccc23)c(=O)n(C)c1=O. The Bertz CT molecular complexity index is 1180. The molecule has 0 aliphatic carbocycles. The van der Waals surface area contributed by atoms with E-state index in [-0.39, 0.29) is 17.1 Å². The summed E-state index contributed by atoms with van der Waals surface area (Å²) in [5.74, 6) is 0.0580. The fraction of sp³-hybridized carbons (Fsp3) is 0.316. The summed E-state index contributed by atoms with van der Waals surface area (Å²) < 4.78 is 2.19. The van der Waals surface area contributed by atoms with Crippen LogP contribution in [0, 0.1) is 6.92 Å². The van der Waals surface area contributed by atoms with Gasteiger partial charge in [-0.1, -0.05) is 36.9 Å². The molecule has 0 aliphatic heterocycles. The van der Waals surface area contributed by atoms with Gasteiger partial charge >= 0.3 is 5.69 Å². The average molecular weight is 399 g/mol. The van der Waals surface area contributed by atoms with Crippen LogP contribution in [0.3, 0.4) is 0 Å². The van der Waals surface area contributed by atoms with Gasteiger partial charge in [-0.15, -0.1) is 0 Å². The summed E-state index contributed by atoms with van der Waals surface area (Å²) in [5, 5.41) is 1.50. The first-order valence-corrected chi connectivity index (χ1v) is 9.82. The maximum Gasteiger partial charge on any atom is 0.332 e. The van der Waals surface area contributed by atoms with E-state index in [0.717, 1.165) is 15.5 Å². The number of anilines is 1. The van der Waals surface area contributed by atoms with Crippen LogP contribution in [0.15, 0.2) is 38.9 Å². The van der Waals surface area contributed by atoms with Crippen molar-refractivity contribution in [3.05, 3.63) is 56.5 Å². The summed E-state index contributed by atoms with van der Waals surface area (Å²) in [6, 6.07) is 7.53. The number of rotatable bonds is 6. The van der Waals surface area contributed by atoms with E-state index in [0.29, 0.717) is 23.8 Å². The molecule has 0 amide bonds. The normalized spacial score (nSPS) is 11.1. The van der Waals surface area contributed by atoms with Crippen molar-refractivity contribution in [3.8, 4) is 0 Å². The highest BCUT2D eigenvalue weighted by molar-refractivity contribution is 8.00. The molecule has 0 aliphatic rings. The van der Waals surface area contributed by atoms with Crippen LogP contribution in [0.2, 0.25) is 0 Å². The number of carbonyl (C=O) groups excluding carboxylic acids is 1. The third-order valence-corrected chi connectivity index (χ3v) is 5.32. The summed E-state index contributed by atoms with van der Waals surface area (Å²) in [5.41, 5.74) is 5.45. The zero-order valence-corrected chi connectivity index (χ0v) is 16.7. The first-order chi connectivity index (χ1) is 13.3. The molecule has 0 saturated heterocycles. The number of nitrogen functional groups attached to an aromatic ring is 1. The second-order valence-electron chi connectivity index (χ2n) is 6.36. The zero-order valence-electron chi connectivity index (χ0n) is 15.9. The van der Waals surface area contributed by atoms with E-state index < -0.39 is 17.0 Å². The molecule has 0 spiro atoms. The van der Waals surface area contributed by atoms with E-state index in [1.165, 1.54) is 23.4 Å². The lowest BCUT2D eigenvalue weighted by Gasteiger charge is -2.13. The molecule has 0 unspecified atom stereocenters. The largest absolute Gasteiger partial charge is 0.384 e. The Morgan fingerprint density at radius 1 is 1.21 bits per heavy atom. The van der Waals surface area contributed by atoms with Crippen LogP contribution in [0.25, 0.3) is 10.9 Å². The molecular formula is C19H21N5O3S. The van der Waals surface area contributed by atoms with Gasteiger partial charge in [-0.2, -0.15) is 0 Å². The summed E-state index contributed by atoms with van der Waals surface area (Å²) in [7, 11) is 1.35. The molecule has 0 fully saturated rings. The number of hydrogen-bond acceptors (Lipinski definition) is 7. The molecule has 0 saturated carbocycles. The second-order valence-corrected chi connectivity index (χ2v) is 7.33. The minimum atomic E-state index is -0.677. The van der Waals surface area contributed by atoms with Gasteiger partial charge in [0.2, 0.25) is 0 Å². The minimum absolute atomic E-state index is 0.0236. The Hall–Kier alpha value is -2.94. The molecule has 3 aromatic rings. The Labute approximate surface area is 165 Å². The van der Waals surface area contributed by atoms with Gasteiger partial charge in [0.1, 0.15) is 22.2 Å². The maximum atomic E-state index is 12.8. The fourth-order valence-electron chi connectivity index (χ4n) is 2.96. The van der Waals surface area contributed by atoms with Gasteiger partial charge in [0.15, 0.2) is 5.78 Å². The predicted molar refractivity (Wildman–Crippen MR) is 110 cm³/mol. The Morgan fingerprint density at radius 3 is 2.64 bits per heavy atom. The number of para-hydroxylation sites is 1. The summed E-state index contributed by atoms with van der Waals surface area (Å²) >= 11 is 1.22. The van der Waals surface area contributed by atoms with Gasteiger partial charge < -0.3 is 5.73 Å². The number of nitrogens with two attached hydrogens (primary N) is 1. The van der Waals surface area contributed by atoms with E-state index in [1.54, 1.807) is 6.92 Å². The van der Waals surface area contributed by atoms with E-state index >= 15 is 0 Å². The van der Waals surface area contributed by atoms with Crippen LogP contribution in [0.1, 0.15) is 29.5 Å². The molecule has 0 bridgehead atoms. The summed E-state index contributed by atoms with van der Waals surface area (Å²) in [6.07, 6.45) is 0.650. The quantitative estimate of drug-likeness (QED) is 0.382. The van der Waals surface area contributed by atoms with Gasteiger partial charge in [0.05, 0.1) is 11.3 Å². The number of ketones is 1. The lowest BCUT2D eigenvalue weighted by atomic mass is 10.2. The van der Waals surface area contributed by atoms with Gasteiger partial charge in [-0.25, -0.2) is 14.8 Å². The van der Waals surface area contributed by atoms with Gasteiger partial charge in [-0.3, -0.25) is 18.7 Å². The molecule has 9 heteroatoms. The van der Waals surface area contributed by atoms with E-state index in [4.69, 9.17) is 5.73 Å². The highest BCUT2D eigenvalue weighted by Crippen LogP contribution is 2.26. The van der Waals surface area contributed by atoms with Crippen LogP contribution in [-0.4, -0.2) is 30.6 Å². The van der Waals surface area contributed by atoms with Crippen LogP contribution < -0.4 is 17.0 Å². The number of benzene rings is 1. The van der Waals surface area contributed by atoms with Crippen molar-refractivity contribution >= 4 is 34.3 Å². The number of carbonyl (C=O) groups is 1. The third kappa shape index (κ3) is 3.57. The molecule has 3 rings (SSSR count). The fourth-order valence-corrected chi connectivity index (χ4v) is 3.90. The van der Waals surface area contributed by atoms with Crippen LogP contribution >= 0.6 is 11.8 Å². The topological polar surface area (TPSA) is 113 Å². The van der Waals surface area contributed by atoms with E-state index in [9.17, 15) is 14.4 Å². The van der Waals surface area contributed by atoms with Crippen molar-refractivity contribution in [2.75, 3.05) is 11.5 Å². The molecule has 146 valence electrons. The molecule has 1 aromatic carbocycles. The highest BCUT2D eigenvalue weighted by Gasteiger charge is 2.22. The monoisotopic (exact) mass is 399 g/mol. The Balaban J connectivity index is 1.97. The van der Waals surface area contributed by atoms with Gasteiger partial charge in [0, 0.05) is 19.0 Å². The highest BCUT2D eigenvalue weighted by atomic mass is 32.2. The predicted octanol–water partition coefficient (Wildman–Crippen LogP) is 1.77. The number of Topliss-reactive ketones (excluding diaryl/α,β-unsaturated/α-hetero) is 1. The molecule has 2 N–H and O–H groups in total. The standard InChI is InChI=1S/C19H21N5O3S/c1-4-9-24-16(20)15(18(26)23(3)19(24)27)14(25)10-28-17-12-7-5-6-8-13(12)21-11(2)22-17/h5-8H,4,9-10,20H2,1-3H3. The number of aromatic nitrogens is 4. The van der Waals surface area contributed by atoms with Crippen LogP contribution in [0.5, 0.6) is 0 Å². The maximum absolute atomic E-state index is 12.8. The lowest BCUT2D eigenvalue weighted by Crippen LogP contribution is -2.42. The van der Waals surface area contributed by atoms with Crippen molar-refractivity contribution in [3.63, 3.8) is 0 Å². The molecular weight excluding hydrogens is 378 g/mol. The zero-order chi connectivity index (χ0) is 20.4. The first kappa shape index (κ1) is 19.8. The molecule has 28 heavy (non-hydrogen) atoms. The summed E-state index contributed by atoms with van der Waals surface area (Å²) in [6.45, 7) is 4.01. The number of aryl methyl sites for hydroxylation is 1. The van der Waals surface area contributed by atoms with Crippen LogP contribution in [-0.2, 0) is 13.6 Å². The number of nitrogens with zero attached hydrogens (tertiary/aromatic N) is 4. The lowest BCUT2D eigenvalue weighted by molar-refractivity contribution is 0.102. The van der Waals surface area contributed by atoms with Crippen molar-refractivity contribution in [2.24, 2.45) is 7.05 Å². The number of hydrogen-bond donors (Lipinski definition) is 1. The first-order valence-electron chi connectivity index (χ1n) is 8.83. The Kier molecular flexibility index (Phi) is 5.64. The molecule has 0 radical (unpaired) electrons. The van der Waals surface area contributed by atoms with E-state index in [1.807, 2.05) is 31.2 Å². The Morgan fingerprint density at radius 2 is 1.93 bits per heavy atom. The van der Waals surface area contributed by atoms with Crippen LogP contribution in [0.4, 0.5) is 5.82 Å². The second kappa shape index (κ2) is 7.97. The van der Waals surface area contributed by atoms with Crippen molar-refractivity contribution in [2.45, 2.75) is 31.8 Å². The third-order valence-electron chi connectivity index (χ3n) is 4.33. The van der Waals surface area contributed by atoms with Crippen molar-refractivity contribution < 1.29 is 4.79 Å². The number of thioether (sulfide) groups is 1.